The quantitative estimate of drug-likeness (QED) is 0.791. The molecule has 1 aromatic heterocycles. The van der Waals surface area contributed by atoms with Crippen molar-refractivity contribution in [1.29, 1.82) is 0 Å². The lowest BCUT2D eigenvalue weighted by Gasteiger charge is -1.93. The Balaban J connectivity index is 0.000000165. The SMILES string of the molecule is CCc1ccc(O)cc1.Cc1cccnc1. The normalized spacial score (nSPS) is 9.12. The lowest BCUT2D eigenvalue weighted by atomic mass is 10.2. The van der Waals surface area contributed by atoms with E-state index in [1.54, 1.807) is 18.3 Å². The zero-order valence-corrected chi connectivity index (χ0v) is 9.72. The molecule has 0 bridgehead atoms. The largest absolute Gasteiger partial charge is 0.508 e. The number of rotatable bonds is 1. The molecule has 0 aliphatic heterocycles. The molecule has 16 heavy (non-hydrogen) atoms. The maximum Gasteiger partial charge on any atom is 0.115 e. The summed E-state index contributed by atoms with van der Waals surface area (Å²) in [6, 6.07) is 11.2. The fourth-order valence-corrected chi connectivity index (χ4v) is 1.18. The molecule has 0 fully saturated rings. The highest BCUT2D eigenvalue weighted by Crippen LogP contribution is 2.09. The molecule has 0 unspecified atom stereocenters. The van der Waals surface area contributed by atoms with Crippen molar-refractivity contribution in [3.63, 3.8) is 0 Å². The minimum atomic E-state index is 0.340. The van der Waals surface area contributed by atoms with Crippen LogP contribution in [0.15, 0.2) is 48.8 Å². The Bertz CT molecular complexity index is 395. The second kappa shape index (κ2) is 6.62. The maximum atomic E-state index is 8.85. The Morgan fingerprint density at radius 2 is 1.81 bits per heavy atom. The van der Waals surface area contributed by atoms with Gasteiger partial charge in [0.25, 0.3) is 0 Å². The molecule has 0 saturated heterocycles. The van der Waals surface area contributed by atoms with Crippen molar-refractivity contribution in [2.24, 2.45) is 0 Å². The van der Waals surface area contributed by atoms with Crippen LogP contribution in [0.1, 0.15) is 18.1 Å². The van der Waals surface area contributed by atoms with Crippen molar-refractivity contribution >= 4 is 0 Å². The van der Waals surface area contributed by atoms with Crippen LogP contribution in [0, 0.1) is 6.92 Å². The number of aromatic hydroxyl groups is 1. The lowest BCUT2D eigenvalue weighted by molar-refractivity contribution is 0.475. The van der Waals surface area contributed by atoms with Crippen molar-refractivity contribution in [2.45, 2.75) is 20.3 Å². The van der Waals surface area contributed by atoms with E-state index in [0.29, 0.717) is 5.75 Å². The van der Waals surface area contributed by atoms with E-state index < -0.39 is 0 Å². The topological polar surface area (TPSA) is 33.1 Å². The van der Waals surface area contributed by atoms with E-state index in [4.69, 9.17) is 5.11 Å². The fraction of sp³-hybridized carbons (Fsp3) is 0.214. The molecule has 0 aliphatic carbocycles. The van der Waals surface area contributed by atoms with Gasteiger partial charge in [-0.05, 0) is 42.7 Å². The summed E-state index contributed by atoms with van der Waals surface area (Å²) < 4.78 is 0. The van der Waals surface area contributed by atoms with Crippen LogP contribution < -0.4 is 0 Å². The van der Waals surface area contributed by atoms with Crippen LogP contribution in [-0.4, -0.2) is 10.1 Å². The van der Waals surface area contributed by atoms with Crippen LogP contribution >= 0.6 is 0 Å². The van der Waals surface area contributed by atoms with Crippen molar-refractivity contribution in [1.82, 2.24) is 4.98 Å². The highest BCUT2D eigenvalue weighted by atomic mass is 16.3. The molecule has 0 radical (unpaired) electrons. The first-order valence-corrected chi connectivity index (χ1v) is 5.37. The predicted molar refractivity (Wildman–Crippen MR) is 66.5 cm³/mol. The van der Waals surface area contributed by atoms with Gasteiger partial charge in [-0.2, -0.15) is 0 Å². The van der Waals surface area contributed by atoms with Gasteiger partial charge in [-0.1, -0.05) is 25.1 Å². The molecule has 0 amide bonds. The average molecular weight is 215 g/mol. The van der Waals surface area contributed by atoms with E-state index in [1.165, 1.54) is 11.1 Å². The number of phenols is 1. The lowest BCUT2D eigenvalue weighted by Crippen LogP contribution is -1.75. The van der Waals surface area contributed by atoms with Gasteiger partial charge in [0.2, 0.25) is 0 Å². The summed E-state index contributed by atoms with van der Waals surface area (Å²) in [5, 5.41) is 8.85. The molecule has 84 valence electrons. The van der Waals surface area contributed by atoms with Gasteiger partial charge < -0.3 is 5.11 Å². The number of pyridine rings is 1. The fourth-order valence-electron chi connectivity index (χ4n) is 1.18. The molecule has 2 aromatic rings. The van der Waals surface area contributed by atoms with Crippen LogP contribution in [0.3, 0.4) is 0 Å². The molecule has 2 rings (SSSR count). The van der Waals surface area contributed by atoms with E-state index in [0.717, 1.165) is 6.42 Å². The van der Waals surface area contributed by atoms with Gasteiger partial charge in [-0.3, -0.25) is 4.98 Å². The van der Waals surface area contributed by atoms with Gasteiger partial charge in [-0.25, -0.2) is 0 Å². The van der Waals surface area contributed by atoms with Gasteiger partial charge in [0.1, 0.15) is 5.75 Å². The second-order valence-corrected chi connectivity index (χ2v) is 3.55. The Morgan fingerprint density at radius 3 is 2.19 bits per heavy atom. The highest BCUT2D eigenvalue weighted by Gasteiger charge is 1.86. The minimum Gasteiger partial charge on any atom is -0.508 e. The molecule has 0 saturated carbocycles. The standard InChI is InChI=1S/C8H10O.C6H7N/c1-2-7-3-5-8(9)6-4-7;1-6-3-2-4-7-5-6/h3-6,9H,2H2,1H3;2-5H,1H3. The number of aryl methyl sites for hydroxylation is 2. The van der Waals surface area contributed by atoms with Gasteiger partial charge >= 0.3 is 0 Å². The number of nitrogens with zero attached hydrogens (tertiary/aromatic N) is 1. The first-order valence-electron chi connectivity index (χ1n) is 5.37. The summed E-state index contributed by atoms with van der Waals surface area (Å²) in [7, 11) is 0. The Labute approximate surface area is 96.6 Å². The van der Waals surface area contributed by atoms with Crippen LogP contribution in [0.4, 0.5) is 0 Å². The van der Waals surface area contributed by atoms with Crippen LogP contribution in [0.5, 0.6) is 5.75 Å². The molecule has 1 aromatic carbocycles. The van der Waals surface area contributed by atoms with Gasteiger partial charge in [0.05, 0.1) is 0 Å². The summed E-state index contributed by atoms with van der Waals surface area (Å²) in [5.74, 6) is 0.340. The molecule has 2 nitrogen and oxygen atoms in total. The number of hydrogen-bond acceptors (Lipinski definition) is 2. The van der Waals surface area contributed by atoms with Crippen LogP contribution in [0.2, 0.25) is 0 Å². The zero-order valence-electron chi connectivity index (χ0n) is 9.72. The van der Waals surface area contributed by atoms with E-state index in [1.807, 2.05) is 37.4 Å². The predicted octanol–water partition coefficient (Wildman–Crippen LogP) is 3.34. The maximum absolute atomic E-state index is 8.85. The van der Waals surface area contributed by atoms with Crippen molar-refractivity contribution in [3.8, 4) is 5.75 Å². The molecule has 0 spiro atoms. The molecule has 1 heterocycles. The molecule has 1 N–H and O–H groups in total. The average Bonchev–Trinajstić information content (AvgIpc) is 2.32. The smallest absolute Gasteiger partial charge is 0.115 e. The Hall–Kier alpha value is -1.83. The van der Waals surface area contributed by atoms with E-state index in [2.05, 4.69) is 11.9 Å². The summed E-state index contributed by atoms with van der Waals surface area (Å²) in [5.41, 5.74) is 2.47. The molecular formula is C14H17NO. The van der Waals surface area contributed by atoms with Crippen LogP contribution in [0.25, 0.3) is 0 Å². The van der Waals surface area contributed by atoms with Crippen molar-refractivity contribution < 1.29 is 5.11 Å². The Kier molecular flexibility index (Phi) is 5.06. The van der Waals surface area contributed by atoms with E-state index in [9.17, 15) is 0 Å². The molecule has 2 heteroatoms. The first kappa shape index (κ1) is 12.2. The molecular weight excluding hydrogens is 198 g/mol. The van der Waals surface area contributed by atoms with Crippen molar-refractivity contribution in [2.75, 3.05) is 0 Å². The molecule has 0 aliphatic rings. The van der Waals surface area contributed by atoms with Gasteiger partial charge in [0.15, 0.2) is 0 Å². The second-order valence-electron chi connectivity index (χ2n) is 3.55. The van der Waals surface area contributed by atoms with E-state index >= 15 is 0 Å². The summed E-state index contributed by atoms with van der Waals surface area (Å²) in [6.45, 7) is 4.11. The third-order valence-electron chi connectivity index (χ3n) is 2.15. The first-order chi connectivity index (χ1) is 7.72. The monoisotopic (exact) mass is 215 g/mol. The number of aromatic nitrogens is 1. The third kappa shape index (κ3) is 4.60. The Morgan fingerprint density at radius 1 is 1.12 bits per heavy atom. The summed E-state index contributed by atoms with van der Waals surface area (Å²) >= 11 is 0. The third-order valence-corrected chi connectivity index (χ3v) is 2.15. The van der Waals surface area contributed by atoms with Gasteiger partial charge in [0, 0.05) is 12.4 Å². The van der Waals surface area contributed by atoms with Crippen molar-refractivity contribution in [3.05, 3.63) is 59.9 Å². The van der Waals surface area contributed by atoms with E-state index in [-0.39, 0.29) is 0 Å². The summed E-state index contributed by atoms with van der Waals surface area (Å²) in [4.78, 5) is 3.88. The van der Waals surface area contributed by atoms with Crippen LogP contribution in [-0.2, 0) is 6.42 Å². The number of phenolic OH excluding ortho intramolecular Hbond substituents is 1. The highest BCUT2D eigenvalue weighted by molar-refractivity contribution is 5.25. The molecule has 0 atom stereocenters. The zero-order chi connectivity index (χ0) is 11.8. The number of benzene rings is 1. The minimum absolute atomic E-state index is 0.340. The number of hydrogen-bond donors (Lipinski definition) is 1. The summed E-state index contributed by atoms with van der Waals surface area (Å²) in [6.07, 6.45) is 4.63. The van der Waals surface area contributed by atoms with Gasteiger partial charge in [-0.15, -0.1) is 0 Å².